The lowest BCUT2D eigenvalue weighted by atomic mass is 10.1. The van der Waals surface area contributed by atoms with Gasteiger partial charge in [-0.15, -0.1) is 0 Å². The van der Waals surface area contributed by atoms with Crippen molar-refractivity contribution in [3.63, 3.8) is 0 Å². The molecule has 1 aliphatic rings. The van der Waals surface area contributed by atoms with Crippen molar-refractivity contribution in [3.8, 4) is 0 Å². The van der Waals surface area contributed by atoms with Gasteiger partial charge in [0.15, 0.2) is 5.13 Å². The zero-order valence-electron chi connectivity index (χ0n) is 10.6. The molecule has 2 N–H and O–H groups in total. The SMILES string of the molecule is C=CCOC(=O)Nc1nc(C2CCCO2)c(C(=O)O)s1. The van der Waals surface area contributed by atoms with Crippen LogP contribution in [0.15, 0.2) is 12.7 Å². The standard InChI is InChI=1S/C12H14N2O5S/c1-2-5-19-12(17)14-11-13-8(7-4-3-6-18-7)9(20-11)10(15)16/h2,7H,1,3-6H2,(H,15,16)(H,13,14,17). The molecule has 1 aliphatic heterocycles. The number of carboxylic acids is 1. The zero-order valence-corrected chi connectivity index (χ0v) is 11.4. The van der Waals surface area contributed by atoms with E-state index in [0.29, 0.717) is 12.3 Å². The van der Waals surface area contributed by atoms with Gasteiger partial charge in [-0.1, -0.05) is 24.0 Å². The van der Waals surface area contributed by atoms with Crippen molar-refractivity contribution in [1.29, 1.82) is 0 Å². The van der Waals surface area contributed by atoms with Crippen LogP contribution in [-0.4, -0.2) is 35.4 Å². The fourth-order valence-electron chi connectivity index (χ4n) is 1.81. The molecule has 7 nitrogen and oxygen atoms in total. The van der Waals surface area contributed by atoms with Crippen LogP contribution in [0, 0.1) is 0 Å². The van der Waals surface area contributed by atoms with Gasteiger partial charge in [0.05, 0.1) is 5.69 Å². The Labute approximate surface area is 119 Å². The first-order valence-electron chi connectivity index (χ1n) is 6.02. The maximum absolute atomic E-state index is 11.4. The second-order valence-corrected chi connectivity index (χ2v) is 5.05. The molecular weight excluding hydrogens is 284 g/mol. The molecule has 1 unspecified atom stereocenters. The van der Waals surface area contributed by atoms with E-state index in [1.807, 2.05) is 0 Å². The summed E-state index contributed by atoms with van der Waals surface area (Å²) in [6.45, 7) is 4.08. The van der Waals surface area contributed by atoms with Crippen LogP contribution in [-0.2, 0) is 9.47 Å². The molecule has 1 amide bonds. The number of amides is 1. The number of carboxylic acid groups (broad SMARTS) is 1. The predicted octanol–water partition coefficient (Wildman–Crippen LogP) is 2.43. The van der Waals surface area contributed by atoms with Gasteiger partial charge in [-0.3, -0.25) is 5.32 Å². The van der Waals surface area contributed by atoms with Crippen molar-refractivity contribution in [2.45, 2.75) is 18.9 Å². The third-order valence-corrected chi connectivity index (χ3v) is 3.60. The maximum Gasteiger partial charge on any atom is 0.413 e. The fraction of sp³-hybridized carbons (Fsp3) is 0.417. The Morgan fingerprint density at radius 1 is 1.65 bits per heavy atom. The third kappa shape index (κ3) is 3.34. The van der Waals surface area contributed by atoms with E-state index < -0.39 is 12.1 Å². The largest absolute Gasteiger partial charge is 0.477 e. The molecule has 1 aromatic heterocycles. The summed E-state index contributed by atoms with van der Waals surface area (Å²) in [6, 6.07) is 0. The minimum atomic E-state index is -1.08. The van der Waals surface area contributed by atoms with Crippen molar-refractivity contribution in [3.05, 3.63) is 23.2 Å². The molecular formula is C12H14N2O5S. The van der Waals surface area contributed by atoms with Crippen LogP contribution >= 0.6 is 11.3 Å². The number of carbonyl (C=O) groups is 2. The molecule has 8 heteroatoms. The quantitative estimate of drug-likeness (QED) is 0.810. The van der Waals surface area contributed by atoms with Crippen molar-refractivity contribution in [2.75, 3.05) is 18.5 Å². The fourth-order valence-corrected chi connectivity index (χ4v) is 2.65. The van der Waals surface area contributed by atoms with Crippen LogP contribution in [0.2, 0.25) is 0 Å². The normalized spacial score (nSPS) is 17.7. The molecule has 2 rings (SSSR count). The van der Waals surface area contributed by atoms with E-state index in [1.54, 1.807) is 0 Å². The van der Waals surface area contributed by atoms with Gasteiger partial charge in [-0.05, 0) is 12.8 Å². The van der Waals surface area contributed by atoms with Crippen LogP contribution in [0.25, 0.3) is 0 Å². The molecule has 1 aromatic rings. The topological polar surface area (TPSA) is 97.8 Å². The number of rotatable bonds is 5. The first kappa shape index (κ1) is 14.5. The number of aromatic carboxylic acids is 1. The Hall–Kier alpha value is -1.93. The second kappa shape index (κ2) is 6.49. The van der Waals surface area contributed by atoms with Crippen LogP contribution in [0.3, 0.4) is 0 Å². The lowest BCUT2D eigenvalue weighted by Gasteiger charge is -2.06. The van der Waals surface area contributed by atoms with E-state index in [0.717, 1.165) is 24.2 Å². The van der Waals surface area contributed by atoms with Crippen molar-refractivity contribution in [1.82, 2.24) is 4.98 Å². The van der Waals surface area contributed by atoms with E-state index >= 15 is 0 Å². The summed E-state index contributed by atoms with van der Waals surface area (Å²) in [5.74, 6) is -1.08. The van der Waals surface area contributed by atoms with E-state index in [4.69, 9.17) is 9.47 Å². The Bertz CT molecular complexity index is 522. The number of hydrogen-bond acceptors (Lipinski definition) is 6. The summed E-state index contributed by atoms with van der Waals surface area (Å²) in [6.07, 6.45) is 2.00. The second-order valence-electron chi connectivity index (χ2n) is 4.05. The molecule has 1 atom stereocenters. The third-order valence-electron chi connectivity index (χ3n) is 2.62. The van der Waals surface area contributed by atoms with E-state index in [9.17, 15) is 14.7 Å². The van der Waals surface area contributed by atoms with Crippen LogP contribution < -0.4 is 5.32 Å². The highest BCUT2D eigenvalue weighted by Crippen LogP contribution is 2.34. The lowest BCUT2D eigenvalue weighted by molar-refractivity contribution is 0.0686. The van der Waals surface area contributed by atoms with Crippen molar-refractivity contribution in [2.24, 2.45) is 0 Å². The van der Waals surface area contributed by atoms with Crippen LogP contribution in [0.5, 0.6) is 0 Å². The number of nitrogens with zero attached hydrogens (tertiary/aromatic N) is 1. The first-order chi connectivity index (χ1) is 9.61. The molecule has 1 fully saturated rings. The highest BCUT2D eigenvalue weighted by Gasteiger charge is 2.28. The Morgan fingerprint density at radius 2 is 2.45 bits per heavy atom. The number of carbonyl (C=O) groups excluding carboxylic acids is 1. The van der Waals surface area contributed by atoms with Crippen LogP contribution in [0.1, 0.15) is 34.3 Å². The Balaban J connectivity index is 2.14. The van der Waals surface area contributed by atoms with Gasteiger partial charge in [-0.25, -0.2) is 14.6 Å². The van der Waals surface area contributed by atoms with E-state index in [2.05, 4.69) is 16.9 Å². The van der Waals surface area contributed by atoms with Gasteiger partial charge in [0, 0.05) is 6.61 Å². The summed E-state index contributed by atoms with van der Waals surface area (Å²) >= 11 is 0.888. The van der Waals surface area contributed by atoms with E-state index in [1.165, 1.54) is 6.08 Å². The molecule has 0 spiro atoms. The van der Waals surface area contributed by atoms with Gasteiger partial charge >= 0.3 is 12.1 Å². The monoisotopic (exact) mass is 298 g/mol. The molecule has 0 aromatic carbocycles. The molecule has 2 heterocycles. The highest BCUT2D eigenvalue weighted by molar-refractivity contribution is 7.17. The van der Waals surface area contributed by atoms with Gasteiger partial charge in [-0.2, -0.15) is 0 Å². The van der Waals surface area contributed by atoms with Gasteiger partial charge in [0.1, 0.15) is 17.6 Å². The van der Waals surface area contributed by atoms with Crippen molar-refractivity contribution < 1.29 is 24.2 Å². The van der Waals surface area contributed by atoms with Gasteiger partial charge in [0.25, 0.3) is 0 Å². The maximum atomic E-state index is 11.4. The number of anilines is 1. The molecule has 0 aliphatic carbocycles. The predicted molar refractivity (Wildman–Crippen MR) is 72.2 cm³/mol. The average molecular weight is 298 g/mol. The van der Waals surface area contributed by atoms with E-state index in [-0.39, 0.29) is 22.7 Å². The Kier molecular flexibility index (Phi) is 4.70. The molecule has 108 valence electrons. The van der Waals surface area contributed by atoms with Crippen molar-refractivity contribution >= 4 is 28.5 Å². The molecule has 0 radical (unpaired) electrons. The number of ether oxygens (including phenoxy) is 2. The summed E-state index contributed by atoms with van der Waals surface area (Å²) in [7, 11) is 0. The molecule has 0 saturated carbocycles. The summed E-state index contributed by atoms with van der Waals surface area (Å²) in [4.78, 5) is 26.8. The first-order valence-corrected chi connectivity index (χ1v) is 6.83. The number of nitrogens with one attached hydrogen (secondary N) is 1. The lowest BCUT2D eigenvalue weighted by Crippen LogP contribution is -2.13. The van der Waals surface area contributed by atoms with Crippen LogP contribution in [0.4, 0.5) is 9.93 Å². The summed E-state index contributed by atoms with van der Waals surface area (Å²) in [5, 5.41) is 11.8. The highest BCUT2D eigenvalue weighted by atomic mass is 32.1. The number of thiazole rings is 1. The smallest absolute Gasteiger partial charge is 0.413 e. The average Bonchev–Trinajstić information content (AvgIpc) is 3.04. The Morgan fingerprint density at radius 3 is 3.05 bits per heavy atom. The minimum Gasteiger partial charge on any atom is -0.477 e. The number of aromatic nitrogens is 1. The molecule has 1 saturated heterocycles. The van der Waals surface area contributed by atoms with Gasteiger partial charge in [0.2, 0.25) is 0 Å². The van der Waals surface area contributed by atoms with Gasteiger partial charge < -0.3 is 14.6 Å². The number of hydrogen-bond donors (Lipinski definition) is 2. The molecule has 0 bridgehead atoms. The molecule has 20 heavy (non-hydrogen) atoms. The zero-order chi connectivity index (χ0) is 14.5. The summed E-state index contributed by atoms with van der Waals surface area (Å²) in [5.41, 5.74) is 0.360. The summed E-state index contributed by atoms with van der Waals surface area (Å²) < 4.78 is 10.2. The minimum absolute atomic E-state index is 0.0710.